The van der Waals surface area contributed by atoms with Gasteiger partial charge >= 0.3 is 5.79 Å². The number of ether oxygens (including phenoxy) is 2. The van der Waals surface area contributed by atoms with Crippen molar-refractivity contribution in [2.75, 3.05) is 0 Å². The Balaban J connectivity index is 2.56. The van der Waals surface area contributed by atoms with Gasteiger partial charge in [0.1, 0.15) is 0 Å². The van der Waals surface area contributed by atoms with Gasteiger partial charge in [-0.2, -0.15) is 10.5 Å². The van der Waals surface area contributed by atoms with Crippen LogP contribution in [0.2, 0.25) is 0 Å². The summed E-state index contributed by atoms with van der Waals surface area (Å²) in [5.74, 6) is -1.40. The summed E-state index contributed by atoms with van der Waals surface area (Å²) in [6, 6.07) is 8.16. The fraction of sp³-hybridized carbons (Fsp3) is 0.333. The number of rotatable bonds is 3. The molecule has 0 aromatic heterocycles. The van der Waals surface area contributed by atoms with Gasteiger partial charge in [-0.25, -0.2) is 0 Å². The molecule has 0 heterocycles. The van der Waals surface area contributed by atoms with Gasteiger partial charge in [0.2, 0.25) is 0 Å². The zero-order valence-electron chi connectivity index (χ0n) is 13.2. The van der Waals surface area contributed by atoms with Gasteiger partial charge in [0.25, 0.3) is 12.5 Å². The predicted molar refractivity (Wildman–Crippen MR) is 82.8 cm³/mol. The first-order valence-electron chi connectivity index (χ1n) is 6.99. The summed E-state index contributed by atoms with van der Waals surface area (Å²) in [6.07, 6.45) is 7.21. The quantitative estimate of drug-likeness (QED) is 0.623. The molecule has 2 rings (SSSR count). The van der Waals surface area contributed by atoms with Crippen LogP contribution in [0, 0.1) is 35.4 Å². The van der Waals surface area contributed by atoms with Crippen molar-refractivity contribution >= 4 is 5.57 Å². The Labute approximate surface area is 130 Å². The molecule has 0 fully saturated rings. The van der Waals surface area contributed by atoms with Crippen molar-refractivity contribution in [2.24, 2.45) is 5.41 Å². The highest BCUT2D eigenvalue weighted by atomic mass is 16.7. The zero-order chi connectivity index (χ0) is 16.4. The molecule has 1 aliphatic rings. The lowest BCUT2D eigenvalue weighted by Gasteiger charge is -2.42. The normalized spacial score (nSPS) is 18.3. The molecule has 112 valence electrons. The second kappa shape index (κ2) is 5.58. The smallest absolute Gasteiger partial charge is 0.306 e. The second-order valence-electron chi connectivity index (χ2n) is 6.02. The molecule has 4 nitrogen and oxygen atoms in total. The fourth-order valence-corrected chi connectivity index (χ4v) is 2.93. The molecule has 0 N–H and O–H groups in total. The number of allylic oxidation sites excluding steroid dienone is 2. The number of nitriles is 2. The summed E-state index contributed by atoms with van der Waals surface area (Å²) < 4.78 is 10.4. The van der Waals surface area contributed by atoms with Gasteiger partial charge in [0, 0.05) is 5.57 Å². The molecule has 1 aliphatic carbocycles. The van der Waals surface area contributed by atoms with E-state index in [4.69, 9.17) is 20.0 Å². The maximum Gasteiger partial charge on any atom is 0.306 e. The molecule has 1 aromatic rings. The lowest BCUT2D eigenvalue weighted by molar-refractivity contribution is -0.185. The summed E-state index contributed by atoms with van der Waals surface area (Å²) in [4.78, 5) is 0. The number of nitrogens with zero attached hydrogens (tertiary/aromatic N) is 2. The highest BCUT2D eigenvalue weighted by molar-refractivity contribution is 5.77. The minimum Gasteiger partial charge on any atom is -0.376 e. The lowest BCUT2D eigenvalue weighted by atomic mass is 9.73. The van der Waals surface area contributed by atoms with E-state index < -0.39 is 11.2 Å². The van der Waals surface area contributed by atoms with Crippen molar-refractivity contribution in [3.05, 3.63) is 53.1 Å². The molecule has 0 amide bonds. The van der Waals surface area contributed by atoms with Crippen molar-refractivity contribution in [3.63, 3.8) is 0 Å². The Morgan fingerprint density at radius 1 is 1.05 bits per heavy atom. The molecule has 0 saturated heterocycles. The molecule has 0 atom stereocenters. The van der Waals surface area contributed by atoms with Crippen LogP contribution in [0.3, 0.4) is 0 Å². The van der Waals surface area contributed by atoms with Gasteiger partial charge < -0.3 is 9.47 Å². The van der Waals surface area contributed by atoms with E-state index in [1.165, 1.54) is 5.56 Å². The lowest BCUT2D eigenvalue weighted by Crippen LogP contribution is -2.49. The van der Waals surface area contributed by atoms with Crippen molar-refractivity contribution < 1.29 is 9.47 Å². The van der Waals surface area contributed by atoms with Crippen LogP contribution in [0.5, 0.6) is 0 Å². The third-order valence-electron chi connectivity index (χ3n) is 3.99. The topological polar surface area (TPSA) is 66.0 Å². The highest BCUT2D eigenvalue weighted by Crippen LogP contribution is 2.47. The second-order valence-corrected chi connectivity index (χ2v) is 6.02. The van der Waals surface area contributed by atoms with Crippen LogP contribution in [0.4, 0.5) is 0 Å². The minimum atomic E-state index is -1.40. The summed E-state index contributed by atoms with van der Waals surface area (Å²) in [5, 5.41) is 17.9. The van der Waals surface area contributed by atoms with E-state index in [0.717, 1.165) is 11.1 Å². The Morgan fingerprint density at radius 3 is 2.18 bits per heavy atom. The van der Waals surface area contributed by atoms with E-state index in [-0.39, 0.29) is 0 Å². The average Bonchev–Trinajstić information content (AvgIpc) is 2.44. The number of benzene rings is 1. The molecular formula is C18H18N2O2. The van der Waals surface area contributed by atoms with Gasteiger partial charge in [-0.1, -0.05) is 35.9 Å². The third kappa shape index (κ3) is 2.44. The maximum absolute atomic E-state index is 8.97. The van der Waals surface area contributed by atoms with Crippen LogP contribution >= 0.6 is 0 Å². The maximum atomic E-state index is 8.97. The Kier molecular flexibility index (Phi) is 3.97. The molecule has 0 aliphatic heterocycles. The first-order valence-corrected chi connectivity index (χ1v) is 6.99. The minimum absolute atomic E-state index is 0.680. The van der Waals surface area contributed by atoms with Gasteiger partial charge in [0.15, 0.2) is 0 Å². The van der Waals surface area contributed by atoms with Crippen LogP contribution in [-0.2, 0) is 9.47 Å². The third-order valence-corrected chi connectivity index (χ3v) is 3.99. The molecule has 4 heteroatoms. The highest BCUT2D eigenvalue weighted by Gasteiger charge is 2.53. The van der Waals surface area contributed by atoms with Crippen LogP contribution in [0.25, 0.3) is 5.57 Å². The standard InChI is InChI=1S/C18H18N2O2/c1-13-6-5-7-15(8-13)16-9-14(2)18(21-11-19,22-12-20)17(3,4)10-16/h5-10H,1-4H3. The summed E-state index contributed by atoms with van der Waals surface area (Å²) in [7, 11) is 0. The molecule has 0 unspecified atom stereocenters. The summed E-state index contributed by atoms with van der Waals surface area (Å²) in [5.41, 5.74) is 3.26. The molecular weight excluding hydrogens is 276 g/mol. The largest absolute Gasteiger partial charge is 0.376 e. The van der Waals surface area contributed by atoms with E-state index in [9.17, 15) is 0 Å². The Hall–Kier alpha value is -2.72. The first-order chi connectivity index (χ1) is 10.4. The van der Waals surface area contributed by atoms with Gasteiger partial charge in [-0.3, -0.25) is 0 Å². The molecule has 22 heavy (non-hydrogen) atoms. The van der Waals surface area contributed by atoms with Crippen molar-refractivity contribution in [1.29, 1.82) is 10.5 Å². The summed E-state index contributed by atoms with van der Waals surface area (Å²) >= 11 is 0. The van der Waals surface area contributed by atoms with Crippen LogP contribution in [0.15, 0.2) is 42.0 Å². The first kappa shape index (κ1) is 15.7. The van der Waals surface area contributed by atoms with E-state index in [1.54, 1.807) is 19.4 Å². The number of hydrogen-bond acceptors (Lipinski definition) is 4. The molecule has 0 radical (unpaired) electrons. The van der Waals surface area contributed by atoms with E-state index >= 15 is 0 Å². The van der Waals surface area contributed by atoms with E-state index in [1.807, 2.05) is 51.1 Å². The van der Waals surface area contributed by atoms with Crippen LogP contribution in [-0.4, -0.2) is 5.79 Å². The van der Waals surface area contributed by atoms with Crippen LogP contribution < -0.4 is 0 Å². The van der Waals surface area contributed by atoms with Gasteiger partial charge in [-0.05, 0) is 44.9 Å². The van der Waals surface area contributed by atoms with E-state index in [0.29, 0.717) is 5.57 Å². The Bertz CT molecular complexity index is 714. The molecule has 0 bridgehead atoms. The monoisotopic (exact) mass is 294 g/mol. The van der Waals surface area contributed by atoms with Crippen LogP contribution in [0.1, 0.15) is 31.9 Å². The number of hydrogen-bond donors (Lipinski definition) is 0. The van der Waals surface area contributed by atoms with E-state index in [2.05, 4.69) is 6.07 Å². The molecule has 0 spiro atoms. The van der Waals surface area contributed by atoms with Crippen molar-refractivity contribution in [2.45, 2.75) is 33.5 Å². The zero-order valence-corrected chi connectivity index (χ0v) is 13.2. The molecule has 1 aromatic carbocycles. The van der Waals surface area contributed by atoms with Gasteiger partial charge in [0.05, 0.1) is 5.41 Å². The summed E-state index contributed by atoms with van der Waals surface area (Å²) in [6.45, 7) is 7.61. The Morgan fingerprint density at radius 2 is 1.68 bits per heavy atom. The van der Waals surface area contributed by atoms with Crippen molar-refractivity contribution in [3.8, 4) is 12.5 Å². The molecule has 0 saturated carbocycles. The average molecular weight is 294 g/mol. The fourth-order valence-electron chi connectivity index (χ4n) is 2.93. The van der Waals surface area contributed by atoms with Gasteiger partial charge in [-0.15, -0.1) is 0 Å². The SMILES string of the molecule is CC1=CC(c2cccc(C)c2)=CC(C)(C)C1(OC#N)OC#N. The number of aryl methyl sites for hydroxylation is 1. The van der Waals surface area contributed by atoms with Crippen molar-refractivity contribution in [1.82, 2.24) is 0 Å². The predicted octanol–water partition coefficient (Wildman–Crippen LogP) is 4.06.